The van der Waals surface area contributed by atoms with E-state index < -0.39 is 5.60 Å². The number of amides is 1. The molecule has 1 aliphatic carbocycles. The smallest absolute Gasteiger partial charge is 0.223 e. The summed E-state index contributed by atoms with van der Waals surface area (Å²) in [4.78, 5) is 12.7. The summed E-state index contributed by atoms with van der Waals surface area (Å²) < 4.78 is 0. The van der Waals surface area contributed by atoms with Gasteiger partial charge in [-0.1, -0.05) is 18.2 Å². The van der Waals surface area contributed by atoms with Crippen molar-refractivity contribution in [2.75, 3.05) is 6.54 Å². The number of aliphatic hydroxyl groups is 1. The maximum Gasteiger partial charge on any atom is 0.223 e. The Balaban J connectivity index is 1.87. The first-order chi connectivity index (χ1) is 8.09. The molecule has 0 bridgehead atoms. The summed E-state index contributed by atoms with van der Waals surface area (Å²) in [5, 5.41) is 15.0. The fraction of sp³-hybridized carbons (Fsp3) is 0.462. The molecule has 0 saturated heterocycles. The Bertz CT molecular complexity index is 401. The standard InChI is InChI=1S/C13H17NO2S/c1-13(16,11-7-4-8-17-11)9-14-12(15)10-5-2-3-6-10/h2-4,7-8,10,16H,5-6,9H2,1H3,(H,14,15). The Labute approximate surface area is 105 Å². The van der Waals surface area contributed by atoms with Crippen LogP contribution in [-0.4, -0.2) is 17.6 Å². The zero-order valence-corrected chi connectivity index (χ0v) is 10.7. The molecule has 1 aromatic rings. The molecule has 3 nitrogen and oxygen atoms in total. The summed E-state index contributed by atoms with van der Waals surface area (Å²) in [6, 6.07) is 3.78. The molecule has 92 valence electrons. The van der Waals surface area contributed by atoms with Gasteiger partial charge in [0.25, 0.3) is 0 Å². The molecule has 0 spiro atoms. The van der Waals surface area contributed by atoms with Crippen LogP contribution in [0.4, 0.5) is 0 Å². The Morgan fingerprint density at radius 3 is 2.88 bits per heavy atom. The van der Waals surface area contributed by atoms with Gasteiger partial charge in [-0.25, -0.2) is 0 Å². The van der Waals surface area contributed by atoms with Crippen molar-refractivity contribution >= 4 is 17.2 Å². The number of rotatable bonds is 4. The summed E-state index contributed by atoms with van der Waals surface area (Å²) in [7, 11) is 0. The van der Waals surface area contributed by atoms with Gasteiger partial charge in [-0.3, -0.25) is 4.79 Å². The molecule has 1 aromatic heterocycles. The third-order valence-corrected chi connectivity index (χ3v) is 4.16. The first-order valence-corrected chi connectivity index (χ1v) is 6.66. The van der Waals surface area contributed by atoms with Crippen molar-refractivity contribution in [2.24, 2.45) is 5.92 Å². The van der Waals surface area contributed by atoms with Crippen LogP contribution in [0.15, 0.2) is 29.7 Å². The van der Waals surface area contributed by atoms with Crippen LogP contribution in [0.3, 0.4) is 0 Å². The lowest BCUT2D eigenvalue weighted by atomic mass is 10.0. The lowest BCUT2D eigenvalue weighted by Crippen LogP contribution is -2.40. The largest absolute Gasteiger partial charge is 0.383 e. The van der Waals surface area contributed by atoms with E-state index in [1.54, 1.807) is 6.92 Å². The van der Waals surface area contributed by atoms with E-state index in [-0.39, 0.29) is 18.4 Å². The minimum atomic E-state index is -0.976. The van der Waals surface area contributed by atoms with E-state index in [9.17, 15) is 9.90 Å². The van der Waals surface area contributed by atoms with Crippen LogP contribution >= 0.6 is 11.3 Å². The second-order valence-corrected chi connectivity index (χ2v) is 5.56. The van der Waals surface area contributed by atoms with Crippen molar-refractivity contribution < 1.29 is 9.90 Å². The van der Waals surface area contributed by atoms with Crippen LogP contribution in [0.1, 0.15) is 24.6 Å². The summed E-state index contributed by atoms with van der Waals surface area (Å²) in [6.07, 6.45) is 5.68. The highest BCUT2D eigenvalue weighted by molar-refractivity contribution is 7.10. The van der Waals surface area contributed by atoms with Gasteiger partial charge >= 0.3 is 0 Å². The highest BCUT2D eigenvalue weighted by atomic mass is 32.1. The first kappa shape index (κ1) is 12.3. The Morgan fingerprint density at radius 1 is 1.59 bits per heavy atom. The van der Waals surface area contributed by atoms with Crippen LogP contribution in [0, 0.1) is 5.92 Å². The molecule has 0 fully saturated rings. The molecule has 2 rings (SSSR count). The van der Waals surface area contributed by atoms with Crippen molar-refractivity contribution in [1.82, 2.24) is 5.32 Å². The SMILES string of the molecule is CC(O)(CNC(=O)C1CC=CC1)c1cccs1. The van der Waals surface area contributed by atoms with Gasteiger partial charge in [0.05, 0.1) is 6.54 Å². The Kier molecular flexibility index (Phi) is 3.64. The number of carbonyl (C=O) groups excluding carboxylic acids is 1. The second kappa shape index (κ2) is 5.02. The van der Waals surface area contributed by atoms with E-state index in [4.69, 9.17) is 0 Å². The van der Waals surface area contributed by atoms with Gasteiger partial charge in [-0.05, 0) is 31.2 Å². The van der Waals surface area contributed by atoms with Crippen LogP contribution < -0.4 is 5.32 Å². The number of carbonyl (C=O) groups is 1. The molecule has 1 unspecified atom stereocenters. The van der Waals surface area contributed by atoms with Crippen LogP contribution in [-0.2, 0) is 10.4 Å². The van der Waals surface area contributed by atoms with Gasteiger partial charge in [0, 0.05) is 10.8 Å². The Hall–Kier alpha value is -1.13. The molecule has 1 atom stereocenters. The van der Waals surface area contributed by atoms with Gasteiger partial charge in [-0.15, -0.1) is 11.3 Å². The number of allylic oxidation sites excluding steroid dienone is 2. The zero-order chi connectivity index (χ0) is 12.3. The van der Waals surface area contributed by atoms with Crippen molar-refractivity contribution in [3.8, 4) is 0 Å². The minimum absolute atomic E-state index is 0.0341. The minimum Gasteiger partial charge on any atom is -0.383 e. The van der Waals surface area contributed by atoms with E-state index in [2.05, 4.69) is 5.32 Å². The summed E-state index contributed by atoms with van der Waals surface area (Å²) in [5.74, 6) is 0.0842. The van der Waals surface area contributed by atoms with Crippen molar-refractivity contribution in [3.05, 3.63) is 34.5 Å². The van der Waals surface area contributed by atoms with E-state index in [1.807, 2.05) is 29.7 Å². The van der Waals surface area contributed by atoms with Crippen LogP contribution in [0.2, 0.25) is 0 Å². The van der Waals surface area contributed by atoms with Gasteiger partial charge in [0.15, 0.2) is 0 Å². The average molecular weight is 251 g/mol. The maximum absolute atomic E-state index is 11.8. The number of hydrogen-bond donors (Lipinski definition) is 2. The highest BCUT2D eigenvalue weighted by Crippen LogP contribution is 2.25. The molecule has 0 aromatic carbocycles. The third kappa shape index (κ3) is 2.96. The average Bonchev–Trinajstić information content (AvgIpc) is 2.97. The van der Waals surface area contributed by atoms with E-state index in [0.29, 0.717) is 0 Å². The highest BCUT2D eigenvalue weighted by Gasteiger charge is 2.27. The molecule has 4 heteroatoms. The van der Waals surface area contributed by atoms with Crippen molar-refractivity contribution in [3.63, 3.8) is 0 Å². The van der Waals surface area contributed by atoms with Crippen LogP contribution in [0.25, 0.3) is 0 Å². The van der Waals surface area contributed by atoms with Crippen molar-refractivity contribution in [2.45, 2.75) is 25.4 Å². The third-order valence-electron chi connectivity index (χ3n) is 3.04. The predicted octanol–water partition coefficient (Wildman–Crippen LogP) is 2.04. The molecular weight excluding hydrogens is 234 g/mol. The maximum atomic E-state index is 11.8. The van der Waals surface area contributed by atoms with Crippen LogP contribution in [0.5, 0.6) is 0 Å². The molecule has 1 heterocycles. The van der Waals surface area contributed by atoms with Crippen molar-refractivity contribution in [1.29, 1.82) is 0 Å². The van der Waals surface area contributed by atoms with Gasteiger partial charge in [-0.2, -0.15) is 0 Å². The second-order valence-electron chi connectivity index (χ2n) is 4.61. The Morgan fingerprint density at radius 2 is 2.29 bits per heavy atom. The monoisotopic (exact) mass is 251 g/mol. The fourth-order valence-corrected chi connectivity index (χ4v) is 2.69. The van der Waals surface area contributed by atoms with Gasteiger partial charge < -0.3 is 10.4 Å². The number of hydrogen-bond acceptors (Lipinski definition) is 3. The molecule has 1 aliphatic rings. The predicted molar refractivity (Wildman–Crippen MR) is 68.8 cm³/mol. The number of thiophene rings is 1. The lowest BCUT2D eigenvalue weighted by Gasteiger charge is -2.23. The van der Waals surface area contributed by atoms with E-state index in [0.717, 1.165) is 17.7 Å². The molecular formula is C13H17NO2S. The zero-order valence-electron chi connectivity index (χ0n) is 9.85. The molecule has 1 amide bonds. The summed E-state index contributed by atoms with van der Waals surface area (Å²) >= 11 is 1.50. The lowest BCUT2D eigenvalue weighted by molar-refractivity contribution is -0.125. The molecule has 0 aliphatic heterocycles. The topological polar surface area (TPSA) is 49.3 Å². The first-order valence-electron chi connectivity index (χ1n) is 5.79. The van der Waals surface area contributed by atoms with Gasteiger partial charge in [0.1, 0.15) is 5.60 Å². The summed E-state index contributed by atoms with van der Waals surface area (Å²) in [5.41, 5.74) is -0.976. The van der Waals surface area contributed by atoms with E-state index >= 15 is 0 Å². The van der Waals surface area contributed by atoms with Gasteiger partial charge in [0.2, 0.25) is 5.91 Å². The summed E-state index contributed by atoms with van der Waals surface area (Å²) in [6.45, 7) is 1.99. The molecule has 17 heavy (non-hydrogen) atoms. The fourth-order valence-electron chi connectivity index (χ4n) is 1.91. The quantitative estimate of drug-likeness (QED) is 0.805. The normalized spacial score (nSPS) is 19.2. The number of nitrogens with one attached hydrogen (secondary N) is 1. The molecule has 0 saturated carbocycles. The molecule has 0 radical (unpaired) electrons. The molecule has 2 N–H and O–H groups in total. The van der Waals surface area contributed by atoms with E-state index in [1.165, 1.54) is 11.3 Å².